The van der Waals surface area contributed by atoms with E-state index < -0.39 is 17.9 Å². The van der Waals surface area contributed by atoms with E-state index in [1.54, 1.807) is 0 Å². The van der Waals surface area contributed by atoms with Crippen LogP contribution in [0.15, 0.2) is 0 Å². The number of carbonyl (C=O) groups is 3. The van der Waals surface area contributed by atoms with Gasteiger partial charge in [-0.3, -0.25) is 14.4 Å². The molecule has 0 bridgehead atoms. The number of unbranched alkanes of at least 4 members (excludes halogenated alkanes) is 9. The molecule has 0 fully saturated rings. The fraction of sp³-hybridized carbons (Fsp3) is 0.864. The molecule has 186 valence electrons. The summed E-state index contributed by atoms with van der Waals surface area (Å²) in [5.74, 6) is -2.18. The molecule has 0 spiro atoms. The maximum Gasteiger partial charge on any atom is 0.303 e. The van der Waals surface area contributed by atoms with Gasteiger partial charge in [-0.05, 0) is 19.3 Å². The topological polar surface area (TPSA) is 162 Å². The molecule has 0 aliphatic heterocycles. The molecule has 9 heteroatoms. The highest BCUT2D eigenvalue weighted by molar-refractivity contribution is 5.67. The first-order chi connectivity index (χ1) is 14.8. The van der Waals surface area contributed by atoms with Gasteiger partial charge in [0.25, 0.3) is 0 Å². The summed E-state index contributed by atoms with van der Waals surface area (Å²) in [7, 11) is 0. The average Bonchev–Trinajstić information content (AvgIpc) is 2.71. The number of aliphatic carboxylic acids is 3. The predicted octanol–water partition coefficient (Wildman–Crippen LogP) is 3.70. The SMILES string of the molecule is CCCCCCCCC(=O)O.O=C(O)CCCCCCCC(=O)O.OCCOCCO. The third-order valence-electron chi connectivity index (χ3n) is 4.00. The van der Waals surface area contributed by atoms with Crippen LogP contribution in [0.4, 0.5) is 0 Å². The highest BCUT2D eigenvalue weighted by Crippen LogP contribution is 2.07. The first-order valence-electron chi connectivity index (χ1n) is 11.3. The van der Waals surface area contributed by atoms with Crippen LogP contribution in [-0.2, 0) is 19.1 Å². The molecule has 0 radical (unpaired) electrons. The molecule has 0 aliphatic rings. The normalized spacial score (nSPS) is 9.77. The Hall–Kier alpha value is -1.71. The van der Waals surface area contributed by atoms with Gasteiger partial charge >= 0.3 is 17.9 Å². The molecular formula is C22H44O9. The smallest absolute Gasteiger partial charge is 0.303 e. The molecule has 0 aliphatic carbocycles. The second kappa shape index (κ2) is 30.5. The zero-order valence-corrected chi connectivity index (χ0v) is 19.1. The molecule has 0 saturated heterocycles. The molecule has 0 aromatic heterocycles. The van der Waals surface area contributed by atoms with E-state index in [2.05, 4.69) is 11.7 Å². The minimum Gasteiger partial charge on any atom is -0.481 e. The maximum atomic E-state index is 10.1. The standard InChI is InChI=1S/C9H16O4.C9H18O2.C4H10O3/c10-8(11)6-4-2-1-3-5-7-9(12)13;1-2-3-4-5-6-7-8-9(10)11;5-1-3-7-4-2-6/h1-7H2,(H,10,11)(H,12,13);2-8H2,1H3,(H,10,11);5-6H,1-4H2. The molecule has 0 heterocycles. The maximum absolute atomic E-state index is 10.1. The van der Waals surface area contributed by atoms with Crippen LogP contribution in [0, 0.1) is 0 Å². The number of ether oxygens (including phenoxy) is 1. The van der Waals surface area contributed by atoms with Crippen LogP contribution in [0.3, 0.4) is 0 Å². The van der Waals surface area contributed by atoms with Gasteiger partial charge in [0.2, 0.25) is 0 Å². The molecule has 0 unspecified atom stereocenters. The van der Waals surface area contributed by atoms with E-state index >= 15 is 0 Å². The van der Waals surface area contributed by atoms with Crippen molar-refractivity contribution in [2.45, 2.75) is 96.8 Å². The minimum atomic E-state index is -0.759. The van der Waals surface area contributed by atoms with E-state index in [4.69, 9.17) is 25.5 Å². The fourth-order valence-corrected chi connectivity index (χ4v) is 2.37. The number of carboxylic acid groups (broad SMARTS) is 3. The van der Waals surface area contributed by atoms with Gasteiger partial charge in [0.05, 0.1) is 26.4 Å². The number of aliphatic hydroxyl groups excluding tert-OH is 2. The van der Waals surface area contributed by atoms with Gasteiger partial charge in [-0.1, -0.05) is 58.3 Å². The van der Waals surface area contributed by atoms with Crippen molar-refractivity contribution in [2.24, 2.45) is 0 Å². The lowest BCUT2D eigenvalue weighted by atomic mass is 10.1. The summed E-state index contributed by atoms with van der Waals surface area (Å²) in [6.07, 6.45) is 11.8. The summed E-state index contributed by atoms with van der Waals surface area (Å²) < 4.78 is 4.63. The van der Waals surface area contributed by atoms with E-state index in [-0.39, 0.29) is 26.1 Å². The third-order valence-corrected chi connectivity index (χ3v) is 4.00. The molecule has 0 saturated carbocycles. The van der Waals surface area contributed by atoms with Crippen LogP contribution in [0.2, 0.25) is 0 Å². The summed E-state index contributed by atoms with van der Waals surface area (Å²) in [6, 6.07) is 0. The van der Waals surface area contributed by atoms with Crippen molar-refractivity contribution >= 4 is 17.9 Å². The number of hydrogen-bond donors (Lipinski definition) is 5. The van der Waals surface area contributed by atoms with Gasteiger partial charge < -0.3 is 30.3 Å². The van der Waals surface area contributed by atoms with E-state index in [0.29, 0.717) is 32.5 Å². The van der Waals surface area contributed by atoms with Crippen LogP contribution >= 0.6 is 0 Å². The molecule has 0 rings (SSSR count). The van der Waals surface area contributed by atoms with Crippen LogP contribution in [0.1, 0.15) is 96.8 Å². The second-order valence-electron chi connectivity index (χ2n) is 7.03. The Kier molecular flexibility index (Phi) is 33.4. The quantitative estimate of drug-likeness (QED) is 0.184. The van der Waals surface area contributed by atoms with Crippen LogP contribution < -0.4 is 0 Å². The van der Waals surface area contributed by atoms with Crippen molar-refractivity contribution in [2.75, 3.05) is 26.4 Å². The first-order valence-corrected chi connectivity index (χ1v) is 11.3. The molecule has 0 amide bonds. The Bertz CT molecular complexity index is 378. The number of hydrogen-bond acceptors (Lipinski definition) is 6. The Morgan fingerprint density at radius 1 is 0.548 bits per heavy atom. The highest BCUT2D eigenvalue weighted by Gasteiger charge is 1.98. The summed E-state index contributed by atoms with van der Waals surface area (Å²) in [5, 5.41) is 41.1. The van der Waals surface area contributed by atoms with Crippen molar-refractivity contribution < 1.29 is 44.7 Å². The second-order valence-corrected chi connectivity index (χ2v) is 7.03. The Morgan fingerprint density at radius 3 is 1.10 bits per heavy atom. The van der Waals surface area contributed by atoms with E-state index in [0.717, 1.165) is 32.1 Å². The Balaban J connectivity index is -0.000000397. The lowest BCUT2D eigenvalue weighted by molar-refractivity contribution is -0.138. The number of aliphatic hydroxyl groups is 2. The van der Waals surface area contributed by atoms with Crippen molar-refractivity contribution in [3.63, 3.8) is 0 Å². The predicted molar refractivity (Wildman–Crippen MR) is 118 cm³/mol. The zero-order chi connectivity index (χ0) is 24.2. The average molecular weight is 453 g/mol. The summed E-state index contributed by atoms with van der Waals surface area (Å²) in [6.45, 7) is 2.87. The van der Waals surface area contributed by atoms with Gasteiger partial charge in [0.15, 0.2) is 0 Å². The molecule has 31 heavy (non-hydrogen) atoms. The van der Waals surface area contributed by atoms with Crippen LogP contribution in [-0.4, -0.2) is 69.9 Å². The van der Waals surface area contributed by atoms with Crippen LogP contribution in [0.25, 0.3) is 0 Å². The summed E-state index contributed by atoms with van der Waals surface area (Å²) in [5.41, 5.74) is 0. The van der Waals surface area contributed by atoms with Gasteiger partial charge in [0.1, 0.15) is 0 Å². The highest BCUT2D eigenvalue weighted by atomic mass is 16.5. The molecule has 0 atom stereocenters. The number of rotatable bonds is 19. The van der Waals surface area contributed by atoms with Gasteiger partial charge in [-0.25, -0.2) is 0 Å². The zero-order valence-electron chi connectivity index (χ0n) is 19.1. The largest absolute Gasteiger partial charge is 0.481 e. The van der Waals surface area contributed by atoms with Crippen LogP contribution in [0.5, 0.6) is 0 Å². The van der Waals surface area contributed by atoms with E-state index in [9.17, 15) is 14.4 Å². The lowest BCUT2D eigenvalue weighted by Gasteiger charge is -1.97. The molecule has 0 aromatic rings. The summed E-state index contributed by atoms with van der Waals surface area (Å²) in [4.78, 5) is 30.3. The van der Waals surface area contributed by atoms with E-state index in [1.807, 2.05) is 0 Å². The van der Waals surface area contributed by atoms with Crippen molar-refractivity contribution in [1.82, 2.24) is 0 Å². The molecule has 5 N–H and O–H groups in total. The van der Waals surface area contributed by atoms with E-state index in [1.165, 1.54) is 25.7 Å². The van der Waals surface area contributed by atoms with Gasteiger partial charge in [0, 0.05) is 19.3 Å². The molecule has 0 aromatic carbocycles. The number of carboxylic acids is 3. The third kappa shape index (κ3) is 47.5. The monoisotopic (exact) mass is 452 g/mol. The molecular weight excluding hydrogens is 408 g/mol. The van der Waals surface area contributed by atoms with Gasteiger partial charge in [-0.15, -0.1) is 0 Å². The van der Waals surface area contributed by atoms with Crippen molar-refractivity contribution in [3.8, 4) is 0 Å². The molecule has 9 nitrogen and oxygen atoms in total. The first kappa shape index (κ1) is 33.9. The van der Waals surface area contributed by atoms with Gasteiger partial charge in [-0.2, -0.15) is 0 Å². The fourth-order valence-electron chi connectivity index (χ4n) is 2.37. The Morgan fingerprint density at radius 2 is 0.839 bits per heavy atom. The minimum absolute atomic E-state index is 0.0278. The lowest BCUT2D eigenvalue weighted by Crippen LogP contribution is -2.03. The summed E-state index contributed by atoms with van der Waals surface area (Å²) >= 11 is 0. The van der Waals surface area contributed by atoms with Crippen molar-refractivity contribution in [1.29, 1.82) is 0 Å². The Labute approximate surface area is 186 Å². The van der Waals surface area contributed by atoms with Crippen molar-refractivity contribution in [3.05, 3.63) is 0 Å².